The Morgan fingerprint density at radius 3 is 2.76 bits per heavy atom. The van der Waals surface area contributed by atoms with E-state index in [2.05, 4.69) is 5.32 Å². The molecule has 0 aliphatic heterocycles. The Morgan fingerprint density at radius 2 is 2.10 bits per heavy atom. The predicted molar refractivity (Wildman–Crippen MR) is 78.4 cm³/mol. The van der Waals surface area contributed by atoms with Crippen molar-refractivity contribution < 1.29 is 12.8 Å². The van der Waals surface area contributed by atoms with Crippen LogP contribution in [0.3, 0.4) is 0 Å². The van der Waals surface area contributed by atoms with Crippen LogP contribution in [-0.2, 0) is 16.4 Å². The average molecular weight is 304 g/mol. The molecule has 1 aromatic heterocycles. The number of nitriles is 1. The van der Waals surface area contributed by atoms with Crippen molar-refractivity contribution in [3.05, 3.63) is 53.5 Å². The van der Waals surface area contributed by atoms with Gasteiger partial charge in [-0.3, -0.25) is 0 Å². The predicted octanol–water partition coefficient (Wildman–Crippen LogP) is 2.02. The largest absolute Gasteiger partial charge is 0.465 e. The molecule has 21 heavy (non-hydrogen) atoms. The van der Waals surface area contributed by atoms with Gasteiger partial charge in [0.2, 0.25) is 0 Å². The number of hydrogen-bond donors (Lipinski definition) is 1. The third-order valence-electron chi connectivity index (χ3n) is 2.97. The topological polar surface area (TPSA) is 83.1 Å². The third kappa shape index (κ3) is 4.18. The van der Waals surface area contributed by atoms with Crippen molar-refractivity contribution in [2.75, 3.05) is 12.3 Å². The van der Waals surface area contributed by atoms with E-state index in [1.165, 1.54) is 12.1 Å². The molecule has 0 unspecified atom stereocenters. The zero-order valence-corrected chi connectivity index (χ0v) is 12.5. The van der Waals surface area contributed by atoms with Gasteiger partial charge in [0.1, 0.15) is 11.5 Å². The molecular weight excluding hydrogens is 288 g/mol. The molecule has 0 fully saturated rings. The number of hydrogen-bond acceptors (Lipinski definition) is 5. The lowest BCUT2D eigenvalue weighted by molar-refractivity contribution is 0.465. The van der Waals surface area contributed by atoms with Crippen molar-refractivity contribution in [3.63, 3.8) is 0 Å². The summed E-state index contributed by atoms with van der Waals surface area (Å²) in [5.41, 5.74) is 0.343. The highest BCUT2D eigenvalue weighted by molar-refractivity contribution is 7.91. The molecule has 0 saturated heterocycles. The van der Waals surface area contributed by atoms with Crippen LogP contribution in [0.2, 0.25) is 0 Å². The highest BCUT2D eigenvalue weighted by Gasteiger charge is 2.14. The molecule has 0 spiro atoms. The van der Waals surface area contributed by atoms with Crippen LogP contribution in [0.15, 0.2) is 45.7 Å². The van der Waals surface area contributed by atoms with E-state index in [9.17, 15) is 8.42 Å². The number of aryl methyl sites for hydroxylation is 1. The van der Waals surface area contributed by atoms with E-state index < -0.39 is 9.84 Å². The summed E-state index contributed by atoms with van der Waals surface area (Å²) in [7, 11) is -3.39. The zero-order chi connectivity index (χ0) is 15.3. The lowest BCUT2D eigenvalue weighted by atomic mass is 10.2. The van der Waals surface area contributed by atoms with Crippen molar-refractivity contribution in [2.24, 2.45) is 0 Å². The summed E-state index contributed by atoms with van der Waals surface area (Å²) in [6.07, 6.45) is 0. The van der Waals surface area contributed by atoms with Crippen LogP contribution in [0, 0.1) is 18.3 Å². The van der Waals surface area contributed by atoms with Crippen LogP contribution in [0.25, 0.3) is 0 Å². The molecule has 1 heterocycles. The first-order chi connectivity index (χ1) is 10.0. The summed E-state index contributed by atoms with van der Waals surface area (Å²) in [4.78, 5) is 0.178. The van der Waals surface area contributed by atoms with Gasteiger partial charge in [-0.15, -0.1) is 0 Å². The Kier molecular flexibility index (Phi) is 4.78. The van der Waals surface area contributed by atoms with Gasteiger partial charge in [0.15, 0.2) is 9.84 Å². The molecule has 0 aliphatic carbocycles. The lowest BCUT2D eigenvalue weighted by Gasteiger charge is -2.05. The Balaban J connectivity index is 1.90. The molecule has 5 nitrogen and oxygen atoms in total. The molecule has 6 heteroatoms. The number of nitrogens with zero attached hydrogens (tertiary/aromatic N) is 1. The summed E-state index contributed by atoms with van der Waals surface area (Å²) in [5, 5.41) is 11.8. The molecule has 0 saturated carbocycles. The smallest absolute Gasteiger partial charge is 0.179 e. The highest BCUT2D eigenvalue weighted by Crippen LogP contribution is 2.12. The lowest BCUT2D eigenvalue weighted by Crippen LogP contribution is -2.22. The van der Waals surface area contributed by atoms with Gasteiger partial charge in [-0.25, -0.2) is 8.42 Å². The molecule has 1 N–H and O–H groups in total. The number of rotatable bonds is 6. The minimum absolute atomic E-state index is 0.0262. The van der Waals surface area contributed by atoms with E-state index in [0.29, 0.717) is 18.7 Å². The van der Waals surface area contributed by atoms with Gasteiger partial charge in [-0.05, 0) is 37.3 Å². The fraction of sp³-hybridized carbons (Fsp3) is 0.267. The second kappa shape index (κ2) is 6.57. The highest BCUT2D eigenvalue weighted by atomic mass is 32.2. The van der Waals surface area contributed by atoms with E-state index in [1.807, 2.05) is 25.1 Å². The minimum atomic E-state index is -3.39. The first-order valence-corrected chi connectivity index (χ1v) is 8.15. The molecule has 0 amide bonds. The van der Waals surface area contributed by atoms with Crippen LogP contribution in [-0.4, -0.2) is 20.7 Å². The van der Waals surface area contributed by atoms with Crippen molar-refractivity contribution in [1.29, 1.82) is 5.26 Å². The summed E-state index contributed by atoms with van der Waals surface area (Å²) in [5.74, 6) is 1.57. The SMILES string of the molecule is Cc1ccc(CNCCS(=O)(=O)c2cccc(C#N)c2)o1. The van der Waals surface area contributed by atoms with Crippen molar-refractivity contribution >= 4 is 9.84 Å². The van der Waals surface area contributed by atoms with E-state index in [-0.39, 0.29) is 10.6 Å². The van der Waals surface area contributed by atoms with E-state index in [0.717, 1.165) is 11.5 Å². The number of nitrogens with one attached hydrogen (secondary N) is 1. The van der Waals surface area contributed by atoms with Crippen LogP contribution >= 0.6 is 0 Å². The van der Waals surface area contributed by atoms with Gasteiger partial charge >= 0.3 is 0 Å². The first kappa shape index (κ1) is 15.3. The Bertz CT molecular complexity index is 757. The Hall–Kier alpha value is -2.10. The second-order valence-corrected chi connectivity index (χ2v) is 6.76. The fourth-order valence-electron chi connectivity index (χ4n) is 1.88. The summed E-state index contributed by atoms with van der Waals surface area (Å²) in [6, 6.07) is 11.7. The van der Waals surface area contributed by atoms with Gasteiger partial charge in [0, 0.05) is 6.54 Å². The van der Waals surface area contributed by atoms with E-state index in [1.54, 1.807) is 12.1 Å². The van der Waals surface area contributed by atoms with E-state index in [4.69, 9.17) is 9.68 Å². The van der Waals surface area contributed by atoms with Crippen LogP contribution in [0.4, 0.5) is 0 Å². The molecular formula is C15H16N2O3S. The molecule has 0 radical (unpaired) electrons. The summed E-state index contributed by atoms with van der Waals surface area (Å²) in [6.45, 7) is 2.66. The average Bonchev–Trinajstić information content (AvgIpc) is 2.89. The molecule has 0 aliphatic rings. The number of furan rings is 1. The minimum Gasteiger partial charge on any atom is -0.465 e. The summed E-state index contributed by atoms with van der Waals surface area (Å²) < 4.78 is 29.7. The van der Waals surface area contributed by atoms with Gasteiger partial charge in [-0.2, -0.15) is 5.26 Å². The van der Waals surface area contributed by atoms with Gasteiger partial charge < -0.3 is 9.73 Å². The van der Waals surface area contributed by atoms with Gasteiger partial charge in [0.05, 0.1) is 28.8 Å². The molecule has 0 bridgehead atoms. The van der Waals surface area contributed by atoms with Crippen LogP contribution in [0.5, 0.6) is 0 Å². The summed E-state index contributed by atoms with van der Waals surface area (Å²) >= 11 is 0. The maximum Gasteiger partial charge on any atom is 0.179 e. The third-order valence-corrected chi connectivity index (χ3v) is 4.68. The van der Waals surface area contributed by atoms with Crippen LogP contribution < -0.4 is 5.32 Å². The first-order valence-electron chi connectivity index (χ1n) is 6.50. The van der Waals surface area contributed by atoms with Crippen molar-refractivity contribution in [3.8, 4) is 6.07 Å². The monoisotopic (exact) mass is 304 g/mol. The Labute approximate surface area is 124 Å². The molecule has 0 atom stereocenters. The van der Waals surface area contributed by atoms with Crippen LogP contribution in [0.1, 0.15) is 17.1 Å². The van der Waals surface area contributed by atoms with E-state index >= 15 is 0 Å². The Morgan fingerprint density at radius 1 is 1.29 bits per heavy atom. The fourth-order valence-corrected chi connectivity index (χ4v) is 3.12. The van der Waals surface area contributed by atoms with Gasteiger partial charge in [-0.1, -0.05) is 6.07 Å². The standard InChI is InChI=1S/C15H16N2O3S/c1-12-5-6-14(20-12)11-17-7-8-21(18,19)15-4-2-3-13(9-15)10-16/h2-6,9,17H,7-8,11H2,1H3. The molecule has 110 valence electrons. The second-order valence-electron chi connectivity index (χ2n) is 4.65. The molecule has 2 aromatic rings. The van der Waals surface area contributed by atoms with Gasteiger partial charge in [0.25, 0.3) is 0 Å². The molecule has 2 rings (SSSR count). The van der Waals surface area contributed by atoms with Crippen molar-refractivity contribution in [2.45, 2.75) is 18.4 Å². The quantitative estimate of drug-likeness (QED) is 0.826. The van der Waals surface area contributed by atoms with Crippen molar-refractivity contribution in [1.82, 2.24) is 5.32 Å². The maximum absolute atomic E-state index is 12.1. The number of benzene rings is 1. The normalized spacial score (nSPS) is 11.2. The maximum atomic E-state index is 12.1. The number of sulfone groups is 1. The molecule has 1 aromatic carbocycles. The zero-order valence-electron chi connectivity index (χ0n) is 11.7.